The van der Waals surface area contributed by atoms with Gasteiger partial charge in [0, 0.05) is 5.56 Å². The van der Waals surface area contributed by atoms with Gasteiger partial charge in [0.05, 0.1) is 11.9 Å². The summed E-state index contributed by atoms with van der Waals surface area (Å²) >= 11 is 5.80. The first-order valence-corrected chi connectivity index (χ1v) is 4.90. The van der Waals surface area contributed by atoms with Crippen LogP contribution in [-0.2, 0) is 0 Å². The molecule has 1 aromatic heterocycles. The Morgan fingerprint density at radius 3 is 2.87 bits per heavy atom. The van der Waals surface area contributed by atoms with Crippen LogP contribution >= 0.6 is 11.6 Å². The molecule has 0 spiro atoms. The zero-order valence-corrected chi connectivity index (χ0v) is 8.99. The maximum atomic E-state index is 5.83. The Balaban J connectivity index is 2.59. The van der Waals surface area contributed by atoms with Crippen LogP contribution < -0.4 is 5.73 Å². The Morgan fingerprint density at radius 2 is 2.13 bits per heavy atom. The second-order valence-electron chi connectivity index (χ2n) is 3.33. The van der Waals surface area contributed by atoms with Crippen LogP contribution in [-0.4, -0.2) is 10.2 Å². The number of hydrogen-bond acceptors (Lipinski definition) is 3. The highest BCUT2D eigenvalue weighted by atomic mass is 35.5. The highest BCUT2D eigenvalue weighted by Gasteiger charge is 2.07. The summed E-state index contributed by atoms with van der Waals surface area (Å²) in [4.78, 5) is 0. The predicted molar refractivity (Wildman–Crippen MR) is 61.6 cm³/mol. The number of nitrogen functional groups attached to an aromatic ring is 1. The van der Waals surface area contributed by atoms with E-state index in [1.807, 2.05) is 31.2 Å². The average molecular weight is 220 g/mol. The molecule has 3 nitrogen and oxygen atoms in total. The molecule has 0 atom stereocenters. The smallest absolute Gasteiger partial charge is 0.175 e. The number of aromatic nitrogens is 2. The largest absolute Gasteiger partial charge is 0.396 e. The van der Waals surface area contributed by atoms with Crippen LogP contribution in [0.3, 0.4) is 0 Å². The molecule has 0 amide bonds. The lowest BCUT2D eigenvalue weighted by molar-refractivity contribution is 1.04. The molecule has 1 heterocycles. The highest BCUT2D eigenvalue weighted by Crippen LogP contribution is 2.29. The van der Waals surface area contributed by atoms with Crippen molar-refractivity contribution < 1.29 is 0 Å². The molecule has 76 valence electrons. The summed E-state index contributed by atoms with van der Waals surface area (Å²) in [6.45, 7) is 2.02. The van der Waals surface area contributed by atoms with Crippen molar-refractivity contribution >= 4 is 17.3 Å². The number of anilines is 1. The van der Waals surface area contributed by atoms with E-state index in [4.69, 9.17) is 17.3 Å². The van der Waals surface area contributed by atoms with Gasteiger partial charge in [-0.1, -0.05) is 41.4 Å². The van der Waals surface area contributed by atoms with Crippen LogP contribution in [0, 0.1) is 6.92 Å². The van der Waals surface area contributed by atoms with Crippen LogP contribution in [0.4, 0.5) is 5.69 Å². The van der Waals surface area contributed by atoms with Gasteiger partial charge in [-0.25, -0.2) is 0 Å². The maximum absolute atomic E-state index is 5.83. The van der Waals surface area contributed by atoms with Gasteiger partial charge in [0.15, 0.2) is 5.15 Å². The Labute approximate surface area is 92.9 Å². The second kappa shape index (κ2) is 3.87. The molecule has 4 heteroatoms. The molecule has 2 N–H and O–H groups in total. The van der Waals surface area contributed by atoms with Crippen molar-refractivity contribution in [2.24, 2.45) is 0 Å². The Kier molecular flexibility index (Phi) is 2.56. The summed E-state index contributed by atoms with van der Waals surface area (Å²) in [6, 6.07) is 7.99. The van der Waals surface area contributed by atoms with Gasteiger partial charge < -0.3 is 5.73 Å². The third-order valence-electron chi connectivity index (χ3n) is 2.17. The van der Waals surface area contributed by atoms with Crippen LogP contribution in [0.25, 0.3) is 11.1 Å². The van der Waals surface area contributed by atoms with E-state index in [0.717, 1.165) is 11.1 Å². The zero-order valence-electron chi connectivity index (χ0n) is 8.24. The normalized spacial score (nSPS) is 10.3. The predicted octanol–water partition coefficient (Wildman–Crippen LogP) is 2.69. The fourth-order valence-electron chi connectivity index (χ4n) is 1.41. The van der Waals surface area contributed by atoms with Crippen LogP contribution in [0.2, 0.25) is 5.15 Å². The standard InChI is InChI=1S/C11H10ClN3/c1-7-3-2-4-8(5-7)9-6-14-15-11(12)10(9)13/h2-6H,1H3,(H2,13,14). The average Bonchev–Trinajstić information content (AvgIpc) is 2.22. The van der Waals surface area contributed by atoms with Gasteiger partial charge >= 0.3 is 0 Å². The minimum Gasteiger partial charge on any atom is -0.396 e. The summed E-state index contributed by atoms with van der Waals surface area (Å²) in [5.41, 5.74) is 9.29. The van der Waals surface area contributed by atoms with Crippen LogP contribution in [0.15, 0.2) is 30.5 Å². The lowest BCUT2D eigenvalue weighted by Crippen LogP contribution is -1.95. The summed E-state index contributed by atoms with van der Waals surface area (Å²) in [7, 11) is 0. The summed E-state index contributed by atoms with van der Waals surface area (Å²) in [6.07, 6.45) is 1.62. The van der Waals surface area contributed by atoms with E-state index in [1.165, 1.54) is 5.56 Å². The number of aryl methyl sites for hydroxylation is 1. The fraction of sp³-hybridized carbons (Fsp3) is 0.0909. The van der Waals surface area contributed by atoms with Crippen molar-refractivity contribution in [1.82, 2.24) is 10.2 Å². The van der Waals surface area contributed by atoms with E-state index < -0.39 is 0 Å². The van der Waals surface area contributed by atoms with Gasteiger partial charge in [-0.15, -0.1) is 5.10 Å². The van der Waals surface area contributed by atoms with Crippen LogP contribution in [0.5, 0.6) is 0 Å². The van der Waals surface area contributed by atoms with E-state index in [2.05, 4.69) is 10.2 Å². The van der Waals surface area contributed by atoms with Crippen molar-refractivity contribution in [3.63, 3.8) is 0 Å². The monoisotopic (exact) mass is 219 g/mol. The van der Waals surface area contributed by atoms with Crippen molar-refractivity contribution in [2.75, 3.05) is 5.73 Å². The topological polar surface area (TPSA) is 51.8 Å². The SMILES string of the molecule is Cc1cccc(-c2cnnc(Cl)c2N)c1. The van der Waals surface area contributed by atoms with E-state index in [9.17, 15) is 0 Å². The van der Waals surface area contributed by atoms with E-state index in [1.54, 1.807) is 6.20 Å². The minimum absolute atomic E-state index is 0.244. The Morgan fingerprint density at radius 1 is 1.33 bits per heavy atom. The molecule has 1 aromatic carbocycles. The molecular weight excluding hydrogens is 210 g/mol. The third kappa shape index (κ3) is 1.92. The van der Waals surface area contributed by atoms with Gasteiger partial charge in [-0.05, 0) is 12.5 Å². The first-order valence-electron chi connectivity index (χ1n) is 4.52. The summed E-state index contributed by atoms with van der Waals surface area (Å²) < 4.78 is 0. The number of hydrogen-bond donors (Lipinski definition) is 1. The van der Waals surface area contributed by atoms with E-state index in [0.29, 0.717) is 5.69 Å². The van der Waals surface area contributed by atoms with Crippen molar-refractivity contribution in [3.05, 3.63) is 41.2 Å². The summed E-state index contributed by atoms with van der Waals surface area (Å²) in [5.74, 6) is 0. The molecule has 0 aliphatic rings. The number of halogens is 1. The van der Waals surface area contributed by atoms with Crippen LogP contribution in [0.1, 0.15) is 5.56 Å². The third-order valence-corrected chi connectivity index (χ3v) is 2.45. The Hall–Kier alpha value is -1.61. The lowest BCUT2D eigenvalue weighted by Gasteiger charge is -2.06. The molecule has 0 aliphatic heterocycles. The van der Waals surface area contributed by atoms with Gasteiger partial charge in [0.25, 0.3) is 0 Å². The fourth-order valence-corrected chi connectivity index (χ4v) is 1.56. The quantitative estimate of drug-likeness (QED) is 0.802. The zero-order chi connectivity index (χ0) is 10.8. The van der Waals surface area contributed by atoms with Gasteiger partial charge in [-0.3, -0.25) is 0 Å². The molecule has 2 aromatic rings. The van der Waals surface area contributed by atoms with E-state index >= 15 is 0 Å². The number of rotatable bonds is 1. The molecule has 0 saturated carbocycles. The summed E-state index contributed by atoms with van der Waals surface area (Å²) in [5, 5.41) is 7.71. The molecule has 2 rings (SSSR count). The van der Waals surface area contributed by atoms with Crippen molar-refractivity contribution in [3.8, 4) is 11.1 Å². The number of nitrogens with zero attached hydrogens (tertiary/aromatic N) is 2. The first-order chi connectivity index (χ1) is 7.18. The lowest BCUT2D eigenvalue weighted by atomic mass is 10.0. The maximum Gasteiger partial charge on any atom is 0.175 e. The van der Waals surface area contributed by atoms with E-state index in [-0.39, 0.29) is 5.15 Å². The van der Waals surface area contributed by atoms with Gasteiger partial charge in [0.2, 0.25) is 0 Å². The van der Waals surface area contributed by atoms with Crippen molar-refractivity contribution in [2.45, 2.75) is 6.92 Å². The highest BCUT2D eigenvalue weighted by molar-refractivity contribution is 6.32. The molecule has 15 heavy (non-hydrogen) atoms. The molecule has 0 aliphatic carbocycles. The molecule has 0 saturated heterocycles. The van der Waals surface area contributed by atoms with Gasteiger partial charge in [0.1, 0.15) is 0 Å². The molecule has 0 unspecified atom stereocenters. The second-order valence-corrected chi connectivity index (χ2v) is 3.69. The van der Waals surface area contributed by atoms with Crippen molar-refractivity contribution in [1.29, 1.82) is 0 Å². The Bertz CT molecular complexity index is 497. The number of nitrogens with two attached hydrogens (primary N) is 1. The first kappa shape index (κ1) is 9.93. The molecule has 0 radical (unpaired) electrons. The molecular formula is C11H10ClN3. The minimum atomic E-state index is 0.244. The molecule has 0 bridgehead atoms. The molecule has 0 fully saturated rings. The number of benzene rings is 1. The van der Waals surface area contributed by atoms with Gasteiger partial charge in [-0.2, -0.15) is 5.10 Å².